The van der Waals surface area contributed by atoms with E-state index in [1.807, 2.05) is 0 Å². The second-order valence-corrected chi connectivity index (χ2v) is 7.32. The maximum atomic E-state index is 9.32. The molecular weight excluding hydrogens is 426 g/mol. The Morgan fingerprint density at radius 3 is 1.12 bits per heavy atom. The molecule has 26 heavy (non-hydrogen) atoms. The van der Waals surface area contributed by atoms with Crippen molar-refractivity contribution in [3.8, 4) is 0 Å². The first-order chi connectivity index (χ1) is 10.1. The Labute approximate surface area is 246 Å². The molecule has 0 bridgehead atoms. The topological polar surface area (TPSA) is 156 Å². The molecule has 14 heteroatoms. The van der Waals surface area contributed by atoms with Gasteiger partial charge in [-0.15, -0.1) is 0 Å². The second kappa shape index (κ2) is 29.2. The third-order valence-electron chi connectivity index (χ3n) is 2.71. The summed E-state index contributed by atoms with van der Waals surface area (Å²) in [5, 5.41) is 8.57. The summed E-state index contributed by atoms with van der Waals surface area (Å²) in [6, 6.07) is 0. The van der Waals surface area contributed by atoms with Crippen LogP contribution in [0.15, 0.2) is 0 Å². The molecule has 0 rings (SSSR count). The van der Waals surface area contributed by atoms with E-state index in [2.05, 4.69) is 11.2 Å². The van der Waals surface area contributed by atoms with Crippen molar-refractivity contribution in [1.29, 1.82) is 0 Å². The van der Waals surface area contributed by atoms with Gasteiger partial charge in [0.15, 0.2) is 0 Å². The van der Waals surface area contributed by atoms with Crippen molar-refractivity contribution in [1.82, 2.24) is 0 Å². The average molecular weight is 452 g/mol. The SMILES string of the molecule is CCCCCCCCCCCCO.O=P([O-])([O-])OP(=O)([O-])[O-].[Na+].[Na+].[Na+].[Na+]. The van der Waals surface area contributed by atoms with E-state index in [0.29, 0.717) is 6.61 Å². The van der Waals surface area contributed by atoms with Crippen molar-refractivity contribution >= 4 is 15.6 Å². The van der Waals surface area contributed by atoms with Gasteiger partial charge in [0.2, 0.25) is 0 Å². The summed E-state index contributed by atoms with van der Waals surface area (Å²) >= 11 is 0. The van der Waals surface area contributed by atoms with E-state index >= 15 is 0 Å². The molecule has 0 aliphatic carbocycles. The van der Waals surface area contributed by atoms with E-state index < -0.39 is 15.6 Å². The number of aliphatic hydroxyl groups excluding tert-OH is 1. The molecule has 0 saturated carbocycles. The van der Waals surface area contributed by atoms with E-state index in [1.54, 1.807) is 0 Å². The molecule has 0 saturated heterocycles. The zero-order valence-electron chi connectivity index (χ0n) is 17.0. The third-order valence-corrected chi connectivity index (χ3v) is 4.31. The molecule has 0 aromatic carbocycles. The van der Waals surface area contributed by atoms with Gasteiger partial charge in [0.25, 0.3) is 0 Å². The van der Waals surface area contributed by atoms with Crippen LogP contribution in [-0.4, -0.2) is 11.7 Å². The first-order valence-corrected chi connectivity index (χ1v) is 10.4. The van der Waals surface area contributed by atoms with Crippen LogP contribution in [0.2, 0.25) is 0 Å². The predicted octanol–water partition coefficient (Wildman–Crippen LogP) is -11.4. The minimum absolute atomic E-state index is 0. The van der Waals surface area contributed by atoms with Crippen LogP contribution in [0.25, 0.3) is 0 Å². The van der Waals surface area contributed by atoms with Crippen molar-refractivity contribution in [2.24, 2.45) is 0 Å². The maximum Gasteiger partial charge on any atom is 1.00 e. The van der Waals surface area contributed by atoms with Crippen LogP contribution in [0.1, 0.15) is 71.1 Å². The Hall–Kier alpha value is 4.22. The third kappa shape index (κ3) is 51.1. The van der Waals surface area contributed by atoms with Crippen LogP contribution in [0.3, 0.4) is 0 Å². The van der Waals surface area contributed by atoms with Gasteiger partial charge in [0, 0.05) is 6.61 Å². The monoisotopic (exact) mass is 452 g/mol. The van der Waals surface area contributed by atoms with Crippen LogP contribution < -0.4 is 138 Å². The standard InChI is InChI=1S/C12H26O.4Na.H4O7P2/c1-2-3-4-5-6-7-8-9-10-11-12-13;;;;;1-8(2,3)7-9(4,5)6/h13H,2-12H2,1H3;;;;;(H2,1,2,3)(H2,4,5,6)/q;4*+1;/p-4. The molecule has 0 fully saturated rings. The van der Waals surface area contributed by atoms with Crippen molar-refractivity contribution in [2.75, 3.05) is 6.61 Å². The summed E-state index contributed by atoms with van der Waals surface area (Å²) in [5.74, 6) is 0. The van der Waals surface area contributed by atoms with Crippen molar-refractivity contribution < 1.29 is 156 Å². The number of unbranched alkanes of at least 4 members (excludes halogenated alkanes) is 9. The van der Waals surface area contributed by atoms with Gasteiger partial charge in [0.05, 0.1) is 15.6 Å². The largest absolute Gasteiger partial charge is 1.00 e. The van der Waals surface area contributed by atoms with Crippen LogP contribution in [0.4, 0.5) is 0 Å². The van der Waals surface area contributed by atoms with Crippen molar-refractivity contribution in [3.63, 3.8) is 0 Å². The molecule has 1 N–H and O–H groups in total. The Morgan fingerprint density at radius 2 is 0.923 bits per heavy atom. The van der Waals surface area contributed by atoms with E-state index in [-0.39, 0.29) is 118 Å². The number of aliphatic hydroxyl groups is 1. The summed E-state index contributed by atoms with van der Waals surface area (Å²) in [6.45, 7) is 2.63. The number of hydrogen-bond acceptors (Lipinski definition) is 8. The van der Waals surface area contributed by atoms with Crippen LogP contribution in [-0.2, 0) is 13.4 Å². The molecule has 0 aromatic heterocycles. The Bertz CT molecular complexity index is 311. The molecule has 0 aromatic rings. The van der Waals surface area contributed by atoms with Crippen molar-refractivity contribution in [3.05, 3.63) is 0 Å². The average Bonchev–Trinajstić information content (AvgIpc) is 2.33. The minimum atomic E-state index is -5.68. The number of phosphoric acid groups is 2. The van der Waals surface area contributed by atoms with Gasteiger partial charge in [-0.05, 0) is 6.42 Å². The smallest absolute Gasteiger partial charge is 0.790 e. The fourth-order valence-corrected chi connectivity index (χ4v) is 2.70. The van der Waals surface area contributed by atoms with Gasteiger partial charge < -0.3 is 38.1 Å². The Morgan fingerprint density at radius 1 is 0.654 bits per heavy atom. The molecule has 8 nitrogen and oxygen atoms in total. The van der Waals surface area contributed by atoms with Crippen LogP contribution >= 0.6 is 15.6 Å². The summed E-state index contributed by atoms with van der Waals surface area (Å²) in [4.78, 5) is 37.3. The van der Waals surface area contributed by atoms with E-state index in [0.717, 1.165) is 6.42 Å². The molecule has 0 amide bonds. The normalized spacial score (nSPS) is 10.1. The van der Waals surface area contributed by atoms with Gasteiger partial charge in [-0.2, -0.15) is 0 Å². The van der Waals surface area contributed by atoms with Gasteiger partial charge in [-0.25, -0.2) is 0 Å². The zero-order valence-corrected chi connectivity index (χ0v) is 26.8. The first kappa shape index (κ1) is 44.0. The fourth-order valence-electron chi connectivity index (χ4n) is 1.72. The second-order valence-electron chi connectivity index (χ2n) is 4.88. The Balaban J connectivity index is -0.0000000697. The van der Waals surface area contributed by atoms with Crippen LogP contribution in [0, 0.1) is 0 Å². The number of hydrogen-bond donors (Lipinski definition) is 1. The van der Waals surface area contributed by atoms with E-state index in [4.69, 9.17) is 5.11 Å². The maximum absolute atomic E-state index is 9.32. The molecule has 0 aliphatic heterocycles. The summed E-state index contributed by atoms with van der Waals surface area (Å²) in [6.07, 6.45) is 13.3. The van der Waals surface area contributed by atoms with Crippen LogP contribution in [0.5, 0.6) is 0 Å². The quantitative estimate of drug-likeness (QED) is 0.174. The molecule has 0 aliphatic rings. The molecule has 0 heterocycles. The predicted molar refractivity (Wildman–Crippen MR) is 75.2 cm³/mol. The molecule has 0 spiro atoms. The molecule has 136 valence electrons. The molecule has 0 radical (unpaired) electrons. The fraction of sp³-hybridized carbons (Fsp3) is 1.00. The summed E-state index contributed by atoms with van der Waals surface area (Å²) < 4.78 is 21.2. The van der Waals surface area contributed by atoms with Crippen molar-refractivity contribution in [2.45, 2.75) is 71.1 Å². The zero-order chi connectivity index (χ0) is 17.5. The van der Waals surface area contributed by atoms with E-state index in [1.165, 1.54) is 57.8 Å². The number of rotatable bonds is 12. The summed E-state index contributed by atoms with van der Waals surface area (Å²) in [5.41, 5.74) is 0. The van der Waals surface area contributed by atoms with Gasteiger partial charge in [-0.3, -0.25) is 0 Å². The Kier molecular flexibility index (Phi) is 49.4. The van der Waals surface area contributed by atoms with Gasteiger partial charge >= 0.3 is 118 Å². The van der Waals surface area contributed by atoms with E-state index in [9.17, 15) is 28.7 Å². The molecule has 0 atom stereocenters. The minimum Gasteiger partial charge on any atom is -0.790 e. The van der Waals surface area contributed by atoms with Gasteiger partial charge in [0.1, 0.15) is 0 Å². The summed E-state index contributed by atoms with van der Waals surface area (Å²) in [7, 11) is -11.4. The molecular formula is C12H26Na4O8P2. The first-order valence-electron chi connectivity index (χ1n) is 7.48. The molecule has 0 unspecified atom stereocenters. The van der Waals surface area contributed by atoms with Gasteiger partial charge in [-0.1, -0.05) is 64.7 Å².